The molecule has 0 aliphatic carbocycles. The number of benzene rings is 2. The number of halogens is 1. The lowest BCUT2D eigenvalue weighted by molar-refractivity contribution is 0.102. The lowest BCUT2D eigenvalue weighted by atomic mass is 10.1. The number of rotatable bonds is 4. The van der Waals surface area contributed by atoms with Crippen LogP contribution in [0, 0.1) is 0 Å². The topological polar surface area (TPSA) is 68.5 Å². The number of imidazole rings is 1. The summed E-state index contributed by atoms with van der Waals surface area (Å²) >= 11 is 3.40. The number of ether oxygens (including phenoxy) is 1. The van der Waals surface area contributed by atoms with E-state index < -0.39 is 0 Å². The summed E-state index contributed by atoms with van der Waals surface area (Å²) in [6.07, 6.45) is 5.53. The van der Waals surface area contributed by atoms with Crippen LogP contribution in [0.3, 0.4) is 0 Å². The number of hydrogen-bond donors (Lipinski definition) is 1. The van der Waals surface area contributed by atoms with Crippen molar-refractivity contribution in [2.24, 2.45) is 0 Å². The quantitative estimate of drug-likeness (QED) is 0.528. The second-order valence-corrected chi connectivity index (χ2v) is 6.68. The van der Waals surface area contributed by atoms with Gasteiger partial charge in [-0.3, -0.25) is 9.20 Å². The molecule has 6 nitrogen and oxygen atoms in total. The SMILES string of the molecule is COc1ccc(Br)c(C(=O)Nc2ccc(-c3cn4cccnc4n3)cc2)c1. The highest BCUT2D eigenvalue weighted by Gasteiger charge is 2.12. The second kappa shape index (κ2) is 7.20. The molecule has 2 aromatic heterocycles. The van der Waals surface area contributed by atoms with Crippen molar-refractivity contribution in [3.05, 3.63) is 77.2 Å². The fourth-order valence-corrected chi connectivity index (χ4v) is 3.12. The standard InChI is InChI=1S/C20H15BrN4O2/c1-27-15-7-8-17(21)16(11-15)19(26)23-14-5-3-13(4-6-14)18-12-25-10-2-9-22-20(25)24-18/h2-12H,1H3,(H,23,26). The van der Waals surface area contributed by atoms with E-state index >= 15 is 0 Å². The smallest absolute Gasteiger partial charge is 0.256 e. The van der Waals surface area contributed by atoms with Gasteiger partial charge in [0.25, 0.3) is 5.91 Å². The molecule has 0 atom stereocenters. The zero-order chi connectivity index (χ0) is 18.8. The molecule has 0 aliphatic heterocycles. The minimum absolute atomic E-state index is 0.217. The van der Waals surface area contributed by atoms with Crippen LogP contribution in [0.25, 0.3) is 17.0 Å². The van der Waals surface area contributed by atoms with Gasteiger partial charge in [0.15, 0.2) is 0 Å². The van der Waals surface area contributed by atoms with Gasteiger partial charge in [0, 0.05) is 34.3 Å². The molecule has 0 saturated heterocycles. The van der Waals surface area contributed by atoms with E-state index in [1.165, 1.54) is 0 Å². The maximum Gasteiger partial charge on any atom is 0.256 e. The average molecular weight is 423 g/mol. The molecule has 0 fully saturated rings. The van der Waals surface area contributed by atoms with Crippen molar-refractivity contribution in [1.82, 2.24) is 14.4 Å². The molecular formula is C20H15BrN4O2. The summed E-state index contributed by atoms with van der Waals surface area (Å²) in [5.74, 6) is 1.05. The van der Waals surface area contributed by atoms with Gasteiger partial charge in [0.05, 0.1) is 18.4 Å². The first-order chi connectivity index (χ1) is 13.1. The maximum atomic E-state index is 12.6. The van der Waals surface area contributed by atoms with Crippen molar-refractivity contribution < 1.29 is 9.53 Å². The number of carbonyl (C=O) groups excluding carboxylic acids is 1. The summed E-state index contributed by atoms with van der Waals surface area (Å²) in [5.41, 5.74) is 2.97. The number of nitrogens with one attached hydrogen (secondary N) is 1. The largest absolute Gasteiger partial charge is 0.497 e. The van der Waals surface area contributed by atoms with E-state index in [-0.39, 0.29) is 5.91 Å². The molecule has 2 aromatic carbocycles. The highest BCUT2D eigenvalue weighted by molar-refractivity contribution is 9.10. The monoisotopic (exact) mass is 422 g/mol. The summed E-state index contributed by atoms with van der Waals surface area (Å²) < 4.78 is 7.75. The lowest BCUT2D eigenvalue weighted by Gasteiger charge is -2.09. The van der Waals surface area contributed by atoms with Gasteiger partial charge in [-0.2, -0.15) is 0 Å². The molecule has 0 spiro atoms. The zero-order valence-electron chi connectivity index (χ0n) is 14.4. The van der Waals surface area contributed by atoms with Gasteiger partial charge in [-0.05, 0) is 52.3 Å². The molecule has 0 aliphatic rings. The van der Waals surface area contributed by atoms with Gasteiger partial charge in [0.2, 0.25) is 5.78 Å². The third-order valence-electron chi connectivity index (χ3n) is 4.09. The van der Waals surface area contributed by atoms with Crippen molar-refractivity contribution in [3.63, 3.8) is 0 Å². The predicted molar refractivity (Wildman–Crippen MR) is 107 cm³/mol. The van der Waals surface area contributed by atoms with Crippen LogP contribution in [-0.2, 0) is 0 Å². The third-order valence-corrected chi connectivity index (χ3v) is 4.78. The summed E-state index contributed by atoms with van der Waals surface area (Å²) in [4.78, 5) is 21.3. The van der Waals surface area contributed by atoms with E-state index in [2.05, 4.69) is 31.2 Å². The molecule has 0 bridgehead atoms. The van der Waals surface area contributed by atoms with Crippen molar-refractivity contribution in [1.29, 1.82) is 0 Å². The van der Waals surface area contributed by atoms with Crippen LogP contribution in [0.5, 0.6) is 5.75 Å². The van der Waals surface area contributed by atoms with Crippen LogP contribution in [0.2, 0.25) is 0 Å². The molecule has 2 heterocycles. The number of hydrogen-bond acceptors (Lipinski definition) is 4. The van der Waals surface area contributed by atoms with Gasteiger partial charge in [-0.1, -0.05) is 12.1 Å². The molecule has 134 valence electrons. The van der Waals surface area contributed by atoms with Crippen LogP contribution < -0.4 is 10.1 Å². The number of carbonyl (C=O) groups is 1. The molecule has 0 radical (unpaired) electrons. The third kappa shape index (κ3) is 3.54. The number of methoxy groups -OCH3 is 1. The molecule has 4 aromatic rings. The van der Waals surface area contributed by atoms with E-state index in [4.69, 9.17) is 4.74 Å². The van der Waals surface area contributed by atoms with E-state index in [1.807, 2.05) is 47.1 Å². The molecule has 1 amide bonds. The predicted octanol–water partition coefficient (Wildman–Crippen LogP) is 4.42. The Kier molecular flexibility index (Phi) is 4.60. The molecule has 7 heteroatoms. The first kappa shape index (κ1) is 17.2. The summed E-state index contributed by atoms with van der Waals surface area (Å²) in [6.45, 7) is 0. The number of fused-ring (bicyclic) bond motifs is 1. The molecule has 0 saturated carbocycles. The summed E-state index contributed by atoms with van der Waals surface area (Å²) in [5, 5.41) is 2.89. The van der Waals surface area contributed by atoms with Crippen LogP contribution in [0.1, 0.15) is 10.4 Å². The Morgan fingerprint density at radius 1 is 1.19 bits per heavy atom. The van der Waals surface area contributed by atoms with Crippen LogP contribution in [0.15, 0.2) is 71.6 Å². The Hall–Kier alpha value is -3.19. The van der Waals surface area contributed by atoms with Gasteiger partial charge in [-0.25, -0.2) is 9.97 Å². The van der Waals surface area contributed by atoms with E-state index in [9.17, 15) is 4.79 Å². The first-order valence-corrected chi connectivity index (χ1v) is 8.98. The Labute approximate surface area is 164 Å². The van der Waals surface area contributed by atoms with Crippen molar-refractivity contribution in [2.45, 2.75) is 0 Å². The molecule has 4 rings (SSSR count). The summed E-state index contributed by atoms with van der Waals surface area (Å²) in [6, 6.07) is 14.6. The number of anilines is 1. The van der Waals surface area contributed by atoms with Crippen LogP contribution >= 0.6 is 15.9 Å². The zero-order valence-corrected chi connectivity index (χ0v) is 16.0. The summed E-state index contributed by atoms with van der Waals surface area (Å²) in [7, 11) is 1.57. The van der Waals surface area contributed by atoms with Gasteiger partial charge in [-0.15, -0.1) is 0 Å². The fraction of sp³-hybridized carbons (Fsp3) is 0.0500. The molecule has 0 unspecified atom stereocenters. The van der Waals surface area contributed by atoms with Crippen LogP contribution in [-0.4, -0.2) is 27.4 Å². The van der Waals surface area contributed by atoms with E-state index in [1.54, 1.807) is 31.5 Å². The lowest BCUT2D eigenvalue weighted by Crippen LogP contribution is -2.12. The average Bonchev–Trinajstić information content (AvgIpc) is 3.13. The Balaban J connectivity index is 1.55. The van der Waals surface area contributed by atoms with Crippen molar-refractivity contribution in [2.75, 3.05) is 12.4 Å². The van der Waals surface area contributed by atoms with Gasteiger partial charge in [0.1, 0.15) is 5.75 Å². The molecular weight excluding hydrogens is 408 g/mol. The van der Waals surface area contributed by atoms with E-state index in [0.29, 0.717) is 27.3 Å². The molecule has 27 heavy (non-hydrogen) atoms. The number of amides is 1. The Morgan fingerprint density at radius 2 is 2.00 bits per heavy atom. The minimum atomic E-state index is -0.217. The second-order valence-electron chi connectivity index (χ2n) is 5.83. The Bertz CT molecular complexity index is 1090. The fourth-order valence-electron chi connectivity index (χ4n) is 2.70. The Morgan fingerprint density at radius 3 is 2.74 bits per heavy atom. The first-order valence-electron chi connectivity index (χ1n) is 8.19. The minimum Gasteiger partial charge on any atom is -0.497 e. The highest BCUT2D eigenvalue weighted by atomic mass is 79.9. The molecule has 1 N–H and O–H groups in total. The number of nitrogens with zero attached hydrogens (tertiary/aromatic N) is 3. The van der Waals surface area contributed by atoms with Crippen molar-refractivity contribution in [3.8, 4) is 17.0 Å². The van der Waals surface area contributed by atoms with Gasteiger partial charge >= 0.3 is 0 Å². The maximum absolute atomic E-state index is 12.6. The van der Waals surface area contributed by atoms with Gasteiger partial charge < -0.3 is 10.1 Å². The van der Waals surface area contributed by atoms with Crippen LogP contribution in [0.4, 0.5) is 5.69 Å². The van der Waals surface area contributed by atoms with Crippen molar-refractivity contribution >= 4 is 33.3 Å². The normalized spacial score (nSPS) is 10.7. The van der Waals surface area contributed by atoms with E-state index in [0.717, 1.165) is 11.3 Å². The number of aromatic nitrogens is 3. The highest BCUT2D eigenvalue weighted by Crippen LogP contribution is 2.25.